The number of carbonyl (C=O) groups is 2. The molecule has 1 fully saturated rings. The molecule has 2 amide bonds. The summed E-state index contributed by atoms with van der Waals surface area (Å²) >= 11 is 0. The molecule has 0 bridgehead atoms. The lowest BCUT2D eigenvalue weighted by molar-refractivity contribution is -0.130. The standard InChI is InChI=1S/C22H23N3O3/c1-28-20-6-3-2-5-19(20)15-21(26)24-11-4-12-25(14-13-24)22(27)18-9-7-17(16-23)8-10-18/h2-3,5-10H,4,11-15H2,1H3. The highest BCUT2D eigenvalue weighted by molar-refractivity contribution is 5.94. The number of hydrogen-bond donors (Lipinski definition) is 0. The van der Waals surface area contributed by atoms with Crippen LogP contribution in [0.2, 0.25) is 0 Å². The normalized spacial score (nSPS) is 14.1. The zero-order valence-electron chi connectivity index (χ0n) is 15.9. The van der Waals surface area contributed by atoms with Crippen molar-refractivity contribution in [2.24, 2.45) is 0 Å². The first-order chi connectivity index (χ1) is 13.6. The molecule has 0 N–H and O–H groups in total. The molecule has 1 aliphatic rings. The van der Waals surface area contributed by atoms with Gasteiger partial charge in [-0.25, -0.2) is 0 Å². The summed E-state index contributed by atoms with van der Waals surface area (Å²) in [7, 11) is 1.60. The molecule has 144 valence electrons. The number of hydrogen-bond acceptors (Lipinski definition) is 4. The van der Waals surface area contributed by atoms with Crippen molar-refractivity contribution in [3.05, 3.63) is 65.2 Å². The number of ether oxygens (including phenoxy) is 1. The molecule has 0 atom stereocenters. The van der Waals surface area contributed by atoms with Crippen LogP contribution in [0.25, 0.3) is 0 Å². The molecule has 28 heavy (non-hydrogen) atoms. The van der Waals surface area contributed by atoms with E-state index in [9.17, 15) is 9.59 Å². The third-order valence-electron chi connectivity index (χ3n) is 4.93. The van der Waals surface area contributed by atoms with Gasteiger partial charge in [0.05, 0.1) is 25.2 Å². The minimum Gasteiger partial charge on any atom is -0.496 e. The number of amides is 2. The van der Waals surface area contributed by atoms with Crippen LogP contribution in [-0.4, -0.2) is 54.9 Å². The van der Waals surface area contributed by atoms with Gasteiger partial charge >= 0.3 is 0 Å². The second-order valence-corrected chi connectivity index (χ2v) is 6.70. The summed E-state index contributed by atoms with van der Waals surface area (Å²) in [4.78, 5) is 29.1. The third kappa shape index (κ3) is 4.49. The van der Waals surface area contributed by atoms with Gasteiger partial charge < -0.3 is 14.5 Å². The van der Waals surface area contributed by atoms with Crippen LogP contribution in [0, 0.1) is 11.3 Å². The van der Waals surface area contributed by atoms with Gasteiger partial charge in [-0.1, -0.05) is 18.2 Å². The Bertz CT molecular complexity index is 887. The molecule has 0 unspecified atom stereocenters. The Kier molecular flexibility index (Phi) is 6.28. The van der Waals surface area contributed by atoms with Crippen molar-refractivity contribution in [2.75, 3.05) is 33.3 Å². The molecule has 1 aliphatic heterocycles. The van der Waals surface area contributed by atoms with Crippen molar-refractivity contribution >= 4 is 11.8 Å². The second kappa shape index (κ2) is 9.05. The highest BCUT2D eigenvalue weighted by Gasteiger charge is 2.23. The fourth-order valence-corrected chi connectivity index (χ4v) is 3.36. The molecule has 0 saturated carbocycles. The van der Waals surface area contributed by atoms with Crippen LogP contribution in [0.4, 0.5) is 0 Å². The van der Waals surface area contributed by atoms with E-state index in [0.29, 0.717) is 43.1 Å². The maximum Gasteiger partial charge on any atom is 0.253 e. The van der Waals surface area contributed by atoms with Gasteiger partial charge in [0.2, 0.25) is 5.91 Å². The molecule has 2 aromatic carbocycles. The Labute approximate surface area is 164 Å². The SMILES string of the molecule is COc1ccccc1CC(=O)N1CCCN(C(=O)c2ccc(C#N)cc2)CC1. The predicted molar refractivity (Wildman–Crippen MR) is 105 cm³/mol. The summed E-state index contributed by atoms with van der Waals surface area (Å²) in [6.45, 7) is 2.24. The molecule has 0 aromatic heterocycles. The van der Waals surface area contributed by atoms with Crippen LogP contribution in [0.5, 0.6) is 5.75 Å². The van der Waals surface area contributed by atoms with Crippen LogP contribution in [-0.2, 0) is 11.2 Å². The van der Waals surface area contributed by atoms with E-state index in [2.05, 4.69) is 6.07 Å². The van der Waals surface area contributed by atoms with Gasteiger partial charge in [-0.05, 0) is 36.8 Å². The Morgan fingerprint density at radius 1 is 1.00 bits per heavy atom. The van der Waals surface area contributed by atoms with E-state index in [4.69, 9.17) is 10.00 Å². The first-order valence-electron chi connectivity index (χ1n) is 9.31. The predicted octanol–water partition coefficient (Wildman–Crippen LogP) is 2.48. The Morgan fingerprint density at radius 3 is 2.39 bits per heavy atom. The van der Waals surface area contributed by atoms with Crippen LogP contribution < -0.4 is 4.74 Å². The van der Waals surface area contributed by atoms with E-state index in [1.54, 1.807) is 36.3 Å². The average Bonchev–Trinajstić information content (AvgIpc) is 3.00. The van der Waals surface area contributed by atoms with Gasteiger partial charge in [-0.3, -0.25) is 9.59 Å². The quantitative estimate of drug-likeness (QED) is 0.821. The molecule has 0 aliphatic carbocycles. The lowest BCUT2D eigenvalue weighted by Gasteiger charge is -2.22. The van der Waals surface area contributed by atoms with Gasteiger partial charge in [-0.15, -0.1) is 0 Å². The van der Waals surface area contributed by atoms with Crippen LogP contribution >= 0.6 is 0 Å². The maximum atomic E-state index is 12.7. The van der Waals surface area contributed by atoms with Crippen LogP contribution in [0.3, 0.4) is 0 Å². The highest BCUT2D eigenvalue weighted by atomic mass is 16.5. The minimum atomic E-state index is -0.0662. The van der Waals surface area contributed by atoms with Crippen molar-refractivity contribution in [1.82, 2.24) is 9.80 Å². The molecule has 6 nitrogen and oxygen atoms in total. The molecular formula is C22H23N3O3. The topological polar surface area (TPSA) is 73.6 Å². The number of benzene rings is 2. The molecule has 2 aromatic rings. The number of carbonyl (C=O) groups excluding carboxylic acids is 2. The van der Waals surface area contributed by atoms with Crippen LogP contribution in [0.15, 0.2) is 48.5 Å². The average molecular weight is 377 g/mol. The fourth-order valence-electron chi connectivity index (χ4n) is 3.36. The largest absolute Gasteiger partial charge is 0.496 e. The highest BCUT2D eigenvalue weighted by Crippen LogP contribution is 2.19. The third-order valence-corrected chi connectivity index (χ3v) is 4.93. The van der Waals surface area contributed by atoms with Crippen molar-refractivity contribution in [3.63, 3.8) is 0 Å². The number of para-hydroxylation sites is 1. The van der Waals surface area contributed by atoms with E-state index in [1.165, 1.54) is 0 Å². The molecule has 6 heteroatoms. The zero-order valence-corrected chi connectivity index (χ0v) is 15.9. The van der Waals surface area contributed by atoms with Crippen molar-refractivity contribution < 1.29 is 14.3 Å². The van der Waals surface area contributed by atoms with E-state index >= 15 is 0 Å². The van der Waals surface area contributed by atoms with Crippen molar-refractivity contribution in [1.29, 1.82) is 5.26 Å². The fraction of sp³-hybridized carbons (Fsp3) is 0.318. The van der Waals surface area contributed by atoms with Crippen molar-refractivity contribution in [2.45, 2.75) is 12.8 Å². The molecule has 1 heterocycles. The maximum absolute atomic E-state index is 12.7. The van der Waals surface area contributed by atoms with Gasteiger partial charge in [0.15, 0.2) is 0 Å². The van der Waals surface area contributed by atoms with Gasteiger partial charge in [0, 0.05) is 37.3 Å². The zero-order chi connectivity index (χ0) is 19.9. The summed E-state index contributed by atoms with van der Waals surface area (Å²) in [5.74, 6) is 0.684. The van der Waals surface area contributed by atoms with Gasteiger partial charge in [0.1, 0.15) is 5.75 Å². The number of rotatable bonds is 4. The summed E-state index contributed by atoms with van der Waals surface area (Å²) in [6, 6.07) is 16.2. The number of nitriles is 1. The van der Waals surface area contributed by atoms with E-state index in [-0.39, 0.29) is 18.2 Å². The molecule has 1 saturated heterocycles. The van der Waals surface area contributed by atoms with Gasteiger partial charge in [-0.2, -0.15) is 5.26 Å². The first kappa shape index (κ1) is 19.4. The van der Waals surface area contributed by atoms with E-state index in [0.717, 1.165) is 12.0 Å². The monoisotopic (exact) mass is 377 g/mol. The molecule has 0 spiro atoms. The van der Waals surface area contributed by atoms with Crippen molar-refractivity contribution in [3.8, 4) is 11.8 Å². The second-order valence-electron chi connectivity index (χ2n) is 6.70. The smallest absolute Gasteiger partial charge is 0.253 e. The number of nitrogens with zero attached hydrogens (tertiary/aromatic N) is 3. The van der Waals surface area contributed by atoms with E-state index in [1.807, 2.05) is 29.2 Å². The number of methoxy groups -OCH3 is 1. The summed E-state index contributed by atoms with van der Waals surface area (Å²) in [5.41, 5.74) is 1.96. The minimum absolute atomic E-state index is 0.0390. The Hall–Kier alpha value is -3.33. The molecule has 0 radical (unpaired) electrons. The molecule has 3 rings (SSSR count). The van der Waals surface area contributed by atoms with E-state index < -0.39 is 0 Å². The summed E-state index contributed by atoms with van der Waals surface area (Å²) < 4.78 is 5.33. The Morgan fingerprint density at radius 2 is 1.68 bits per heavy atom. The summed E-state index contributed by atoms with van der Waals surface area (Å²) in [5, 5.41) is 8.88. The van der Waals surface area contributed by atoms with Gasteiger partial charge in [0.25, 0.3) is 5.91 Å². The van der Waals surface area contributed by atoms with Crippen LogP contribution in [0.1, 0.15) is 27.9 Å². The lowest BCUT2D eigenvalue weighted by Crippen LogP contribution is -2.38. The first-order valence-corrected chi connectivity index (χ1v) is 9.31. The summed E-state index contributed by atoms with van der Waals surface area (Å²) in [6.07, 6.45) is 1.02. The molecular weight excluding hydrogens is 354 g/mol. The lowest BCUT2D eigenvalue weighted by atomic mass is 10.1. The Balaban J connectivity index is 1.61.